The van der Waals surface area contributed by atoms with Crippen molar-refractivity contribution >= 4 is 15.9 Å². The minimum absolute atomic E-state index is 0.0954. The predicted molar refractivity (Wildman–Crippen MR) is 64.7 cm³/mol. The fourth-order valence-electron chi connectivity index (χ4n) is 1.94. The third kappa shape index (κ3) is 2.25. The summed E-state index contributed by atoms with van der Waals surface area (Å²) in [5, 5.41) is 3.42. The van der Waals surface area contributed by atoms with E-state index in [-0.39, 0.29) is 11.3 Å². The summed E-state index contributed by atoms with van der Waals surface area (Å²) in [6.45, 7) is 7.15. The van der Waals surface area contributed by atoms with Gasteiger partial charge in [0.15, 0.2) is 0 Å². The van der Waals surface area contributed by atoms with Crippen molar-refractivity contribution in [2.24, 2.45) is 0 Å². The van der Waals surface area contributed by atoms with Crippen molar-refractivity contribution in [3.63, 3.8) is 0 Å². The molecular weight excluding hydrogens is 254 g/mol. The van der Waals surface area contributed by atoms with E-state index in [1.54, 1.807) is 0 Å². The second-order valence-corrected chi connectivity index (χ2v) is 5.67. The van der Waals surface area contributed by atoms with Crippen LogP contribution in [0.2, 0.25) is 0 Å². The van der Waals surface area contributed by atoms with Gasteiger partial charge in [-0.15, -0.1) is 0 Å². The van der Waals surface area contributed by atoms with Crippen molar-refractivity contribution in [1.82, 2.24) is 5.32 Å². The van der Waals surface area contributed by atoms with Crippen LogP contribution in [0.5, 0.6) is 0 Å². The first kappa shape index (κ1) is 11.1. The molecule has 1 aromatic carbocycles. The van der Waals surface area contributed by atoms with E-state index >= 15 is 0 Å². The van der Waals surface area contributed by atoms with Gasteiger partial charge < -0.3 is 4.74 Å². The molecule has 1 aliphatic heterocycles. The average molecular weight is 270 g/mol. The SMILES string of the molecule is CC1(C)CNC(C)(c2ccc(Br)cc2)O1. The van der Waals surface area contributed by atoms with Gasteiger partial charge in [-0.1, -0.05) is 28.1 Å². The van der Waals surface area contributed by atoms with Crippen LogP contribution >= 0.6 is 15.9 Å². The maximum atomic E-state index is 6.04. The molecule has 3 heteroatoms. The minimum atomic E-state index is -0.357. The lowest BCUT2D eigenvalue weighted by Crippen LogP contribution is -2.34. The van der Waals surface area contributed by atoms with E-state index in [0.29, 0.717) is 0 Å². The van der Waals surface area contributed by atoms with Gasteiger partial charge in [-0.2, -0.15) is 0 Å². The first-order valence-corrected chi connectivity index (χ1v) is 5.92. The minimum Gasteiger partial charge on any atom is -0.349 e. The van der Waals surface area contributed by atoms with Crippen LogP contribution in [0.3, 0.4) is 0 Å². The number of benzene rings is 1. The highest BCUT2D eigenvalue weighted by atomic mass is 79.9. The topological polar surface area (TPSA) is 21.3 Å². The summed E-state index contributed by atoms with van der Waals surface area (Å²) in [5.74, 6) is 0. The van der Waals surface area contributed by atoms with E-state index in [2.05, 4.69) is 54.2 Å². The molecule has 2 rings (SSSR count). The number of rotatable bonds is 1. The predicted octanol–water partition coefficient (Wildman–Crippen LogP) is 3.02. The zero-order valence-corrected chi connectivity index (χ0v) is 10.9. The van der Waals surface area contributed by atoms with Crippen molar-refractivity contribution in [2.45, 2.75) is 32.1 Å². The van der Waals surface area contributed by atoms with E-state index in [1.807, 2.05) is 12.1 Å². The fourth-order valence-corrected chi connectivity index (χ4v) is 2.20. The van der Waals surface area contributed by atoms with Crippen molar-refractivity contribution < 1.29 is 4.74 Å². The number of nitrogens with one attached hydrogen (secondary N) is 1. The molecule has 0 aromatic heterocycles. The number of hydrogen-bond donors (Lipinski definition) is 1. The monoisotopic (exact) mass is 269 g/mol. The van der Waals surface area contributed by atoms with Crippen LogP contribution < -0.4 is 5.32 Å². The second kappa shape index (κ2) is 3.58. The molecule has 1 fully saturated rings. The largest absolute Gasteiger partial charge is 0.349 e. The molecule has 1 atom stereocenters. The van der Waals surface area contributed by atoms with Crippen molar-refractivity contribution in [2.75, 3.05) is 6.54 Å². The Bertz CT molecular complexity index is 360. The standard InChI is InChI=1S/C12H16BrNO/c1-11(2)8-14-12(3,15-11)9-4-6-10(13)7-5-9/h4-7,14H,8H2,1-3H3. The van der Waals surface area contributed by atoms with Crippen LogP contribution in [0, 0.1) is 0 Å². The molecule has 2 nitrogen and oxygen atoms in total. The van der Waals surface area contributed by atoms with Gasteiger partial charge >= 0.3 is 0 Å². The highest BCUT2D eigenvalue weighted by molar-refractivity contribution is 9.10. The molecule has 1 N–H and O–H groups in total. The Kier molecular flexibility index (Phi) is 2.65. The first-order valence-electron chi connectivity index (χ1n) is 5.13. The lowest BCUT2D eigenvalue weighted by molar-refractivity contribution is -0.0839. The number of hydrogen-bond acceptors (Lipinski definition) is 2. The Morgan fingerprint density at radius 2 is 1.80 bits per heavy atom. The van der Waals surface area contributed by atoms with Crippen molar-refractivity contribution in [1.29, 1.82) is 0 Å². The summed E-state index contributed by atoms with van der Waals surface area (Å²) in [6, 6.07) is 8.24. The van der Waals surface area contributed by atoms with E-state index < -0.39 is 0 Å². The zero-order chi connectivity index (χ0) is 11.1. The van der Waals surface area contributed by atoms with Gasteiger partial charge in [-0.05, 0) is 38.5 Å². The molecule has 0 amide bonds. The van der Waals surface area contributed by atoms with Crippen LogP contribution in [-0.4, -0.2) is 12.1 Å². The van der Waals surface area contributed by atoms with Gasteiger partial charge in [-0.25, -0.2) is 0 Å². The molecule has 0 aliphatic carbocycles. The van der Waals surface area contributed by atoms with E-state index in [0.717, 1.165) is 16.6 Å². The highest BCUT2D eigenvalue weighted by Gasteiger charge is 2.41. The lowest BCUT2D eigenvalue weighted by Gasteiger charge is -2.27. The summed E-state index contributed by atoms with van der Waals surface area (Å²) in [4.78, 5) is 0. The molecular formula is C12H16BrNO. The average Bonchev–Trinajstić information content (AvgIpc) is 2.43. The highest BCUT2D eigenvalue weighted by Crippen LogP contribution is 2.33. The lowest BCUT2D eigenvalue weighted by atomic mass is 10.1. The van der Waals surface area contributed by atoms with Gasteiger partial charge in [0.25, 0.3) is 0 Å². The smallest absolute Gasteiger partial charge is 0.143 e. The van der Waals surface area contributed by atoms with Gasteiger partial charge in [-0.3, -0.25) is 5.32 Å². The molecule has 82 valence electrons. The fraction of sp³-hybridized carbons (Fsp3) is 0.500. The number of halogens is 1. The zero-order valence-electron chi connectivity index (χ0n) is 9.30. The Labute approximate surface area is 99.1 Å². The van der Waals surface area contributed by atoms with Crippen LogP contribution in [0.4, 0.5) is 0 Å². The van der Waals surface area contributed by atoms with E-state index in [4.69, 9.17) is 4.74 Å². The van der Waals surface area contributed by atoms with Crippen LogP contribution in [0.15, 0.2) is 28.7 Å². The van der Waals surface area contributed by atoms with Gasteiger partial charge in [0, 0.05) is 11.0 Å². The molecule has 1 aromatic rings. The van der Waals surface area contributed by atoms with Crippen LogP contribution in [0.25, 0.3) is 0 Å². The van der Waals surface area contributed by atoms with Gasteiger partial charge in [0.1, 0.15) is 5.72 Å². The Balaban J connectivity index is 2.27. The number of ether oxygens (including phenoxy) is 1. The van der Waals surface area contributed by atoms with Gasteiger partial charge in [0.2, 0.25) is 0 Å². The summed E-state index contributed by atoms with van der Waals surface area (Å²) in [5.41, 5.74) is 0.711. The molecule has 0 radical (unpaired) electrons. The maximum absolute atomic E-state index is 6.04. The quantitative estimate of drug-likeness (QED) is 0.847. The van der Waals surface area contributed by atoms with Crippen molar-refractivity contribution in [3.8, 4) is 0 Å². The molecule has 1 heterocycles. The Morgan fingerprint density at radius 3 is 2.27 bits per heavy atom. The van der Waals surface area contributed by atoms with Gasteiger partial charge in [0.05, 0.1) is 5.60 Å². The first-order chi connectivity index (χ1) is 6.91. The summed E-state index contributed by atoms with van der Waals surface area (Å²) < 4.78 is 7.13. The Hall–Kier alpha value is -0.380. The molecule has 1 aliphatic rings. The molecule has 1 saturated heterocycles. The van der Waals surface area contributed by atoms with Crippen LogP contribution in [-0.2, 0) is 10.5 Å². The maximum Gasteiger partial charge on any atom is 0.143 e. The molecule has 1 unspecified atom stereocenters. The normalized spacial score (nSPS) is 29.3. The second-order valence-electron chi connectivity index (χ2n) is 4.76. The molecule has 0 saturated carbocycles. The third-order valence-electron chi connectivity index (χ3n) is 2.73. The molecule has 0 bridgehead atoms. The molecule has 0 spiro atoms. The third-order valence-corrected chi connectivity index (χ3v) is 3.26. The van der Waals surface area contributed by atoms with Crippen LogP contribution in [0.1, 0.15) is 26.3 Å². The van der Waals surface area contributed by atoms with Crippen molar-refractivity contribution in [3.05, 3.63) is 34.3 Å². The summed E-state index contributed by atoms with van der Waals surface area (Å²) in [6.07, 6.45) is 0. The summed E-state index contributed by atoms with van der Waals surface area (Å²) >= 11 is 3.43. The summed E-state index contributed by atoms with van der Waals surface area (Å²) in [7, 11) is 0. The molecule has 15 heavy (non-hydrogen) atoms. The Morgan fingerprint density at radius 1 is 1.20 bits per heavy atom. The van der Waals surface area contributed by atoms with E-state index in [9.17, 15) is 0 Å². The van der Waals surface area contributed by atoms with E-state index in [1.165, 1.54) is 0 Å².